The molecule has 0 radical (unpaired) electrons. The van der Waals surface area contributed by atoms with Crippen molar-refractivity contribution in [3.05, 3.63) is 29.2 Å². The fourth-order valence-corrected chi connectivity index (χ4v) is 2.83. The van der Waals surface area contributed by atoms with E-state index < -0.39 is 15.9 Å². The fourth-order valence-electron chi connectivity index (χ4n) is 2.05. The zero-order chi connectivity index (χ0) is 18.4. The molecule has 132 valence electrons. The Morgan fingerprint density at radius 3 is 2.72 bits per heavy atom. The number of sulfonamides is 1. The predicted octanol–water partition coefficient (Wildman–Crippen LogP) is 1.14. The summed E-state index contributed by atoms with van der Waals surface area (Å²) in [6.07, 6.45) is 4.28. The maximum absolute atomic E-state index is 11.9. The summed E-state index contributed by atoms with van der Waals surface area (Å²) in [6.45, 7) is 0.0406. The van der Waals surface area contributed by atoms with E-state index in [0.717, 1.165) is 23.4 Å². The van der Waals surface area contributed by atoms with Crippen LogP contribution in [-0.4, -0.2) is 37.5 Å². The summed E-state index contributed by atoms with van der Waals surface area (Å²) in [6, 6.07) is 7.00. The first-order chi connectivity index (χ1) is 11.8. The van der Waals surface area contributed by atoms with E-state index in [9.17, 15) is 13.2 Å². The molecule has 0 unspecified atom stereocenters. The first kappa shape index (κ1) is 18.7. The lowest BCUT2D eigenvalue weighted by molar-refractivity contribution is -0.117. The maximum atomic E-state index is 11.9. The SMILES string of the molecule is CS(=O)(=O)N(CCC#N)Cc1ccc(/C=C(\C#N)C(=O)NC2CC2)o1. The number of hydrogen-bond acceptors (Lipinski definition) is 6. The average Bonchev–Trinajstić information content (AvgIpc) is 3.24. The van der Waals surface area contributed by atoms with Crippen LogP contribution in [0.1, 0.15) is 30.8 Å². The molecule has 0 saturated heterocycles. The third-order valence-electron chi connectivity index (χ3n) is 3.52. The number of carbonyl (C=O) groups excluding carboxylic acids is 1. The van der Waals surface area contributed by atoms with Gasteiger partial charge in [-0.25, -0.2) is 8.42 Å². The number of carbonyl (C=O) groups is 1. The third-order valence-corrected chi connectivity index (χ3v) is 4.77. The third kappa shape index (κ3) is 5.75. The van der Waals surface area contributed by atoms with Crippen molar-refractivity contribution in [1.29, 1.82) is 10.5 Å². The van der Waals surface area contributed by atoms with Crippen LogP contribution in [0.5, 0.6) is 0 Å². The standard InChI is InChI=1S/C16H18N4O4S/c1-25(22,23)20(8-2-7-17)11-15-6-5-14(24-15)9-12(10-18)16(21)19-13-3-4-13/h5-6,9,13H,2-4,8,11H2,1H3,(H,19,21)/b12-9+. The van der Waals surface area contributed by atoms with Crippen LogP contribution in [0.25, 0.3) is 6.08 Å². The summed E-state index contributed by atoms with van der Waals surface area (Å²) in [5, 5.41) is 20.5. The number of furan rings is 1. The first-order valence-corrected chi connectivity index (χ1v) is 9.51. The minimum atomic E-state index is -3.48. The van der Waals surface area contributed by atoms with E-state index in [1.165, 1.54) is 6.08 Å². The van der Waals surface area contributed by atoms with E-state index in [4.69, 9.17) is 14.9 Å². The van der Waals surface area contributed by atoms with E-state index in [0.29, 0.717) is 5.76 Å². The van der Waals surface area contributed by atoms with E-state index in [1.54, 1.807) is 12.1 Å². The van der Waals surface area contributed by atoms with Crippen LogP contribution in [-0.2, 0) is 21.4 Å². The second kappa shape index (κ2) is 7.97. The van der Waals surface area contributed by atoms with Crippen molar-refractivity contribution in [3.8, 4) is 12.1 Å². The second-order valence-corrected chi connectivity index (χ2v) is 7.71. The largest absolute Gasteiger partial charge is 0.460 e. The van der Waals surface area contributed by atoms with Crippen LogP contribution in [0.4, 0.5) is 0 Å². The summed E-state index contributed by atoms with van der Waals surface area (Å²) in [4.78, 5) is 11.9. The normalized spacial score (nSPS) is 14.8. The maximum Gasteiger partial charge on any atom is 0.262 e. The molecule has 1 aliphatic carbocycles. The molecule has 1 fully saturated rings. The molecule has 0 bridgehead atoms. The van der Waals surface area contributed by atoms with Crippen LogP contribution >= 0.6 is 0 Å². The lowest BCUT2D eigenvalue weighted by Gasteiger charge is -2.16. The van der Waals surface area contributed by atoms with Gasteiger partial charge in [0, 0.05) is 25.1 Å². The molecule has 0 aromatic carbocycles. The van der Waals surface area contributed by atoms with E-state index >= 15 is 0 Å². The molecule has 1 heterocycles. The van der Waals surface area contributed by atoms with Gasteiger partial charge in [-0.15, -0.1) is 0 Å². The van der Waals surface area contributed by atoms with Crippen molar-refractivity contribution >= 4 is 22.0 Å². The molecule has 1 amide bonds. The smallest absolute Gasteiger partial charge is 0.262 e. The highest BCUT2D eigenvalue weighted by atomic mass is 32.2. The molecule has 0 spiro atoms. The Kier molecular flexibility index (Phi) is 5.97. The fraction of sp³-hybridized carbons (Fsp3) is 0.438. The molecule has 1 N–H and O–H groups in total. The van der Waals surface area contributed by atoms with Crippen molar-refractivity contribution in [1.82, 2.24) is 9.62 Å². The van der Waals surface area contributed by atoms with Crippen LogP contribution < -0.4 is 5.32 Å². The van der Waals surface area contributed by atoms with Crippen molar-refractivity contribution in [2.24, 2.45) is 0 Å². The molecular weight excluding hydrogens is 344 g/mol. The Balaban J connectivity index is 2.09. The molecule has 1 aliphatic rings. The number of amides is 1. The van der Waals surface area contributed by atoms with Crippen LogP contribution in [0.15, 0.2) is 22.1 Å². The monoisotopic (exact) mass is 362 g/mol. The van der Waals surface area contributed by atoms with Crippen LogP contribution in [0.2, 0.25) is 0 Å². The Hall–Kier alpha value is -2.62. The van der Waals surface area contributed by atoms with Crippen molar-refractivity contribution in [2.75, 3.05) is 12.8 Å². The van der Waals surface area contributed by atoms with E-state index in [1.807, 2.05) is 12.1 Å². The molecule has 0 atom stereocenters. The highest BCUT2D eigenvalue weighted by Crippen LogP contribution is 2.20. The molecule has 25 heavy (non-hydrogen) atoms. The Morgan fingerprint density at radius 2 is 2.16 bits per heavy atom. The summed E-state index contributed by atoms with van der Waals surface area (Å²) >= 11 is 0. The number of nitrogens with one attached hydrogen (secondary N) is 1. The van der Waals surface area contributed by atoms with Crippen molar-refractivity contribution in [2.45, 2.75) is 31.8 Å². The van der Waals surface area contributed by atoms with Gasteiger partial charge < -0.3 is 9.73 Å². The van der Waals surface area contributed by atoms with Gasteiger partial charge in [-0.2, -0.15) is 14.8 Å². The van der Waals surface area contributed by atoms with Gasteiger partial charge in [0.05, 0.1) is 18.9 Å². The van der Waals surface area contributed by atoms with E-state index in [2.05, 4.69) is 5.32 Å². The lowest BCUT2D eigenvalue weighted by atomic mass is 10.2. The lowest BCUT2D eigenvalue weighted by Crippen LogP contribution is -2.30. The summed E-state index contributed by atoms with van der Waals surface area (Å²) in [7, 11) is -3.48. The molecule has 0 aliphatic heterocycles. The van der Waals surface area contributed by atoms with Gasteiger partial charge >= 0.3 is 0 Å². The quantitative estimate of drug-likeness (QED) is 0.546. The molecule has 2 rings (SSSR count). The zero-order valence-corrected chi connectivity index (χ0v) is 14.5. The Bertz CT molecular complexity index is 853. The minimum absolute atomic E-state index is 0.0233. The van der Waals surface area contributed by atoms with Crippen LogP contribution in [0.3, 0.4) is 0 Å². The van der Waals surface area contributed by atoms with Gasteiger partial charge in [-0.1, -0.05) is 0 Å². The Morgan fingerprint density at radius 1 is 1.44 bits per heavy atom. The molecule has 9 heteroatoms. The number of nitriles is 2. The van der Waals surface area contributed by atoms with E-state index in [-0.39, 0.29) is 36.9 Å². The molecule has 1 saturated carbocycles. The van der Waals surface area contributed by atoms with Crippen LogP contribution in [0, 0.1) is 22.7 Å². The van der Waals surface area contributed by atoms with Gasteiger partial charge in [0.1, 0.15) is 23.2 Å². The number of nitrogens with zero attached hydrogens (tertiary/aromatic N) is 3. The van der Waals surface area contributed by atoms with Crippen molar-refractivity contribution in [3.63, 3.8) is 0 Å². The molecule has 1 aromatic rings. The van der Waals surface area contributed by atoms with Gasteiger partial charge in [0.15, 0.2) is 0 Å². The van der Waals surface area contributed by atoms with Gasteiger partial charge in [-0.3, -0.25) is 4.79 Å². The summed E-state index contributed by atoms with van der Waals surface area (Å²) in [5.41, 5.74) is -0.0720. The highest BCUT2D eigenvalue weighted by Gasteiger charge is 2.25. The zero-order valence-electron chi connectivity index (χ0n) is 13.7. The highest BCUT2D eigenvalue weighted by molar-refractivity contribution is 7.88. The summed E-state index contributed by atoms with van der Waals surface area (Å²) < 4.78 is 30.1. The van der Waals surface area contributed by atoms with Crippen molar-refractivity contribution < 1.29 is 17.6 Å². The Labute approximate surface area is 146 Å². The first-order valence-electron chi connectivity index (χ1n) is 7.67. The van der Waals surface area contributed by atoms with Gasteiger partial charge in [0.25, 0.3) is 5.91 Å². The number of rotatable bonds is 8. The molecule has 8 nitrogen and oxygen atoms in total. The van der Waals surface area contributed by atoms with Gasteiger partial charge in [0.2, 0.25) is 10.0 Å². The average molecular weight is 362 g/mol. The summed E-state index contributed by atoms with van der Waals surface area (Å²) in [5.74, 6) is 0.190. The number of hydrogen-bond donors (Lipinski definition) is 1. The topological polar surface area (TPSA) is 127 Å². The van der Waals surface area contributed by atoms with Gasteiger partial charge in [-0.05, 0) is 25.0 Å². The minimum Gasteiger partial charge on any atom is -0.460 e. The molecule has 1 aromatic heterocycles. The predicted molar refractivity (Wildman–Crippen MR) is 88.9 cm³/mol. The second-order valence-electron chi connectivity index (χ2n) is 5.73. The molecular formula is C16H18N4O4S.